The van der Waals surface area contributed by atoms with E-state index < -0.39 is 0 Å². The molecule has 0 aliphatic carbocycles. The Balaban J connectivity index is 1.77. The number of aliphatic hydroxyl groups excluding tert-OH is 1. The summed E-state index contributed by atoms with van der Waals surface area (Å²) < 4.78 is 5.55. The molecule has 1 aliphatic heterocycles. The number of amides is 2. The molecule has 0 radical (unpaired) electrons. The van der Waals surface area contributed by atoms with Gasteiger partial charge < -0.3 is 20.1 Å². The molecule has 0 saturated heterocycles. The quantitative estimate of drug-likeness (QED) is 0.795. The summed E-state index contributed by atoms with van der Waals surface area (Å²) in [5, 5.41) is 12.0. The second kappa shape index (κ2) is 7.85. The predicted molar refractivity (Wildman–Crippen MR) is 99.0 cm³/mol. The maximum Gasteiger partial charge on any atom is 0.322 e. The summed E-state index contributed by atoms with van der Waals surface area (Å²) in [6, 6.07) is 13.6. The van der Waals surface area contributed by atoms with Gasteiger partial charge in [-0.25, -0.2) is 4.79 Å². The van der Waals surface area contributed by atoms with E-state index in [-0.39, 0.29) is 19.2 Å². The van der Waals surface area contributed by atoms with Crippen LogP contribution in [0.4, 0.5) is 10.5 Å². The minimum absolute atomic E-state index is 0.0848. The van der Waals surface area contributed by atoms with Crippen molar-refractivity contribution in [3.63, 3.8) is 0 Å². The third-order valence-electron chi connectivity index (χ3n) is 4.14. The smallest absolute Gasteiger partial charge is 0.322 e. The first kappa shape index (κ1) is 17.0. The van der Waals surface area contributed by atoms with Gasteiger partial charge >= 0.3 is 6.03 Å². The van der Waals surface area contributed by atoms with Crippen LogP contribution in [0.1, 0.15) is 5.56 Å². The van der Waals surface area contributed by atoms with Crippen LogP contribution >= 0.6 is 0 Å². The summed E-state index contributed by atoms with van der Waals surface area (Å²) in [6.45, 7) is 4.94. The summed E-state index contributed by atoms with van der Waals surface area (Å²) in [5.41, 5.74) is 4.06. The Labute approximate surface area is 147 Å². The highest BCUT2D eigenvalue weighted by molar-refractivity contribution is 5.90. The number of hydrogen-bond donors (Lipinski definition) is 2. The second-order valence-electron chi connectivity index (χ2n) is 5.89. The van der Waals surface area contributed by atoms with Crippen molar-refractivity contribution in [3.8, 4) is 16.9 Å². The van der Waals surface area contributed by atoms with Gasteiger partial charge in [-0.1, -0.05) is 24.3 Å². The van der Waals surface area contributed by atoms with E-state index in [1.807, 2.05) is 36.4 Å². The molecule has 5 nitrogen and oxygen atoms in total. The van der Waals surface area contributed by atoms with E-state index in [0.29, 0.717) is 12.2 Å². The number of nitrogens with one attached hydrogen (secondary N) is 1. The number of fused-ring (bicyclic) bond motifs is 1. The van der Waals surface area contributed by atoms with Crippen LogP contribution in [-0.4, -0.2) is 42.3 Å². The van der Waals surface area contributed by atoms with Gasteiger partial charge in [0.2, 0.25) is 0 Å². The van der Waals surface area contributed by atoms with Crippen LogP contribution < -0.4 is 10.1 Å². The molecule has 2 N–H and O–H groups in total. The zero-order valence-electron chi connectivity index (χ0n) is 14.1. The van der Waals surface area contributed by atoms with Crippen LogP contribution in [0, 0.1) is 0 Å². The van der Waals surface area contributed by atoms with E-state index in [4.69, 9.17) is 9.84 Å². The third-order valence-corrected chi connectivity index (χ3v) is 4.14. The van der Waals surface area contributed by atoms with Crippen molar-refractivity contribution < 1.29 is 14.6 Å². The van der Waals surface area contributed by atoms with Crippen LogP contribution in [0.15, 0.2) is 55.1 Å². The van der Waals surface area contributed by atoms with Crippen molar-refractivity contribution in [1.29, 1.82) is 0 Å². The molecule has 0 unspecified atom stereocenters. The number of rotatable bonds is 6. The van der Waals surface area contributed by atoms with Crippen LogP contribution in [0.2, 0.25) is 0 Å². The highest BCUT2D eigenvalue weighted by atomic mass is 16.5. The Morgan fingerprint density at radius 3 is 2.92 bits per heavy atom. The van der Waals surface area contributed by atoms with Gasteiger partial charge in [0.05, 0.1) is 13.2 Å². The van der Waals surface area contributed by atoms with Gasteiger partial charge in [-0.15, -0.1) is 6.58 Å². The summed E-state index contributed by atoms with van der Waals surface area (Å²) in [6.07, 6.45) is 2.57. The minimum atomic E-state index is -0.256. The van der Waals surface area contributed by atoms with E-state index in [2.05, 4.69) is 18.0 Å². The Morgan fingerprint density at radius 1 is 1.28 bits per heavy atom. The molecule has 0 atom stereocenters. The molecule has 2 aromatic carbocycles. The molecule has 0 fully saturated rings. The molecular formula is C20H22N2O3. The summed E-state index contributed by atoms with van der Waals surface area (Å²) in [4.78, 5) is 13.8. The van der Waals surface area contributed by atoms with Gasteiger partial charge in [-0.05, 0) is 41.0 Å². The van der Waals surface area contributed by atoms with Gasteiger partial charge in [-0.2, -0.15) is 0 Å². The molecule has 0 bridgehead atoms. The maximum absolute atomic E-state index is 12.3. The van der Waals surface area contributed by atoms with Crippen molar-refractivity contribution in [2.24, 2.45) is 0 Å². The standard InChI is InChI=1S/C20H22N2O3/c1-2-9-22(10-11-23)20(24)21-18-5-3-4-15(14-18)16-6-7-19-17(13-16)8-12-25-19/h2-7,13-14,23H,1,8-12H2,(H,21,24). The van der Waals surface area contributed by atoms with Gasteiger partial charge in [0, 0.05) is 25.2 Å². The first-order valence-electron chi connectivity index (χ1n) is 8.35. The fourth-order valence-corrected chi connectivity index (χ4v) is 2.90. The summed E-state index contributed by atoms with van der Waals surface area (Å²) in [7, 11) is 0. The average Bonchev–Trinajstić information content (AvgIpc) is 3.09. The van der Waals surface area contributed by atoms with Crippen molar-refractivity contribution in [3.05, 3.63) is 60.7 Å². The summed E-state index contributed by atoms with van der Waals surface area (Å²) in [5.74, 6) is 0.956. The lowest BCUT2D eigenvalue weighted by atomic mass is 10.0. The number of nitrogens with zero attached hydrogens (tertiary/aromatic N) is 1. The van der Waals surface area contributed by atoms with Gasteiger partial charge in [0.1, 0.15) is 5.75 Å². The first-order valence-corrected chi connectivity index (χ1v) is 8.35. The molecule has 5 heteroatoms. The highest BCUT2D eigenvalue weighted by Crippen LogP contribution is 2.31. The molecule has 3 rings (SSSR count). The van der Waals surface area contributed by atoms with Crippen LogP contribution in [0.5, 0.6) is 5.75 Å². The van der Waals surface area contributed by atoms with Crippen molar-refractivity contribution >= 4 is 11.7 Å². The monoisotopic (exact) mass is 338 g/mol. The average molecular weight is 338 g/mol. The third kappa shape index (κ3) is 4.00. The number of ether oxygens (including phenoxy) is 1. The Morgan fingerprint density at radius 2 is 2.12 bits per heavy atom. The molecule has 2 aromatic rings. The fourth-order valence-electron chi connectivity index (χ4n) is 2.90. The molecule has 0 aromatic heterocycles. The number of carbonyl (C=O) groups excluding carboxylic acids is 1. The lowest BCUT2D eigenvalue weighted by Gasteiger charge is -2.20. The predicted octanol–water partition coefficient (Wildman–Crippen LogP) is 3.30. The lowest BCUT2D eigenvalue weighted by Crippen LogP contribution is -2.37. The minimum Gasteiger partial charge on any atom is -0.493 e. The van der Waals surface area contributed by atoms with Crippen LogP contribution in [0.3, 0.4) is 0 Å². The van der Waals surface area contributed by atoms with Gasteiger partial charge in [0.15, 0.2) is 0 Å². The molecule has 0 saturated carbocycles. The zero-order chi connectivity index (χ0) is 17.6. The van der Waals surface area contributed by atoms with Crippen molar-refractivity contribution in [2.45, 2.75) is 6.42 Å². The number of aliphatic hydroxyl groups is 1. The molecule has 130 valence electrons. The van der Waals surface area contributed by atoms with Crippen LogP contribution in [0.25, 0.3) is 11.1 Å². The maximum atomic E-state index is 12.3. The van der Waals surface area contributed by atoms with Gasteiger partial charge in [-0.3, -0.25) is 0 Å². The first-order chi connectivity index (χ1) is 12.2. The number of anilines is 1. The molecular weight excluding hydrogens is 316 g/mol. The van der Waals surface area contributed by atoms with Crippen LogP contribution in [-0.2, 0) is 6.42 Å². The second-order valence-corrected chi connectivity index (χ2v) is 5.89. The van der Waals surface area contributed by atoms with Gasteiger partial charge in [0.25, 0.3) is 0 Å². The lowest BCUT2D eigenvalue weighted by molar-refractivity contribution is 0.195. The van der Waals surface area contributed by atoms with E-state index in [9.17, 15) is 4.79 Å². The largest absolute Gasteiger partial charge is 0.493 e. The van der Waals surface area contributed by atoms with E-state index >= 15 is 0 Å². The Kier molecular flexibility index (Phi) is 5.36. The molecule has 1 heterocycles. The normalized spacial score (nSPS) is 12.2. The van der Waals surface area contributed by atoms with Crippen molar-refractivity contribution in [1.82, 2.24) is 4.90 Å². The number of urea groups is 1. The number of carbonyl (C=O) groups is 1. The molecule has 25 heavy (non-hydrogen) atoms. The SMILES string of the molecule is C=CCN(CCO)C(=O)Nc1cccc(-c2ccc3c(c2)CCO3)c1. The van der Waals surface area contributed by atoms with E-state index in [1.165, 1.54) is 10.5 Å². The topological polar surface area (TPSA) is 61.8 Å². The Hall–Kier alpha value is -2.79. The molecule has 1 aliphatic rings. The summed E-state index contributed by atoms with van der Waals surface area (Å²) >= 11 is 0. The van der Waals surface area contributed by atoms with E-state index in [1.54, 1.807) is 6.08 Å². The Bertz CT molecular complexity index is 773. The number of hydrogen-bond acceptors (Lipinski definition) is 3. The fraction of sp³-hybridized carbons (Fsp3) is 0.250. The van der Waals surface area contributed by atoms with Crippen molar-refractivity contribution in [2.75, 3.05) is 31.6 Å². The van der Waals surface area contributed by atoms with E-state index in [0.717, 1.165) is 29.9 Å². The molecule has 2 amide bonds. The zero-order valence-corrected chi connectivity index (χ0v) is 14.1. The molecule has 0 spiro atoms. The highest BCUT2D eigenvalue weighted by Gasteiger charge is 2.14. The number of benzene rings is 2.